The lowest BCUT2D eigenvalue weighted by atomic mass is 9.82. The Labute approximate surface area is 190 Å². The van der Waals surface area contributed by atoms with E-state index in [-0.39, 0.29) is 17.6 Å². The van der Waals surface area contributed by atoms with Gasteiger partial charge < -0.3 is 10.2 Å². The largest absolute Gasteiger partial charge is 0.444 e. The molecule has 0 amide bonds. The number of hydrogen-bond donors (Lipinski definition) is 1. The second kappa shape index (κ2) is 9.42. The van der Waals surface area contributed by atoms with E-state index in [4.69, 9.17) is 16.7 Å². The van der Waals surface area contributed by atoms with Crippen molar-refractivity contribution in [3.8, 4) is 17.5 Å². The van der Waals surface area contributed by atoms with Crippen molar-refractivity contribution in [2.75, 3.05) is 5.73 Å². The molecule has 0 aliphatic heterocycles. The molecule has 8 heteroatoms. The molecule has 0 unspecified atom stereocenters. The fourth-order valence-electron chi connectivity index (χ4n) is 4.13. The van der Waals surface area contributed by atoms with Crippen molar-refractivity contribution in [1.29, 1.82) is 5.26 Å². The average molecular weight is 448 g/mol. The van der Waals surface area contributed by atoms with E-state index in [1.165, 1.54) is 24.2 Å². The summed E-state index contributed by atoms with van der Waals surface area (Å²) in [5, 5.41) is 10.4. The third-order valence-corrected chi connectivity index (χ3v) is 6.76. The summed E-state index contributed by atoms with van der Waals surface area (Å²) in [6, 6.07) is 6.98. The van der Waals surface area contributed by atoms with Gasteiger partial charge in [-0.05, 0) is 55.0 Å². The van der Waals surface area contributed by atoms with Crippen LogP contribution in [0.3, 0.4) is 0 Å². The number of nitrogens with two attached hydrogens (primary N) is 1. The third-order valence-electron chi connectivity index (χ3n) is 5.75. The molecule has 1 aliphatic carbocycles. The van der Waals surface area contributed by atoms with Crippen LogP contribution in [0, 0.1) is 30.6 Å². The normalized spacial score (nSPS) is 14.1. The SMILES string of the molecule is [C-]#[N+]c1c(N)nc(SCc2coc(-c3ccc(F)c(C)c3)n2)c(C#N)c1C1CCCCC1. The van der Waals surface area contributed by atoms with E-state index in [1.54, 1.807) is 25.3 Å². The molecule has 1 aliphatic rings. The average Bonchev–Trinajstić information content (AvgIpc) is 3.28. The molecule has 0 bridgehead atoms. The quantitative estimate of drug-likeness (QED) is 0.353. The van der Waals surface area contributed by atoms with E-state index >= 15 is 0 Å². The molecule has 2 aromatic heterocycles. The molecular weight excluding hydrogens is 425 g/mol. The number of aromatic nitrogens is 2. The summed E-state index contributed by atoms with van der Waals surface area (Å²) >= 11 is 1.35. The predicted molar refractivity (Wildman–Crippen MR) is 122 cm³/mol. The zero-order chi connectivity index (χ0) is 22.7. The topological polar surface area (TPSA) is 93.1 Å². The van der Waals surface area contributed by atoms with Gasteiger partial charge in [-0.2, -0.15) is 5.26 Å². The second-order valence-corrected chi connectivity index (χ2v) is 8.86. The molecule has 4 rings (SSSR count). The van der Waals surface area contributed by atoms with E-state index in [2.05, 4.69) is 20.9 Å². The van der Waals surface area contributed by atoms with Crippen LogP contribution in [0.1, 0.15) is 60.4 Å². The van der Waals surface area contributed by atoms with Crippen LogP contribution in [0.2, 0.25) is 0 Å². The van der Waals surface area contributed by atoms with Gasteiger partial charge in [0.25, 0.3) is 0 Å². The van der Waals surface area contributed by atoms with Crippen LogP contribution >= 0.6 is 11.8 Å². The molecular formula is C24H22FN5OS. The number of nitriles is 1. The number of aryl methyl sites for hydroxylation is 1. The van der Waals surface area contributed by atoms with Crippen LogP contribution in [0.4, 0.5) is 15.9 Å². The highest BCUT2D eigenvalue weighted by Crippen LogP contribution is 2.44. The standard InChI is InChI=1S/C24H22FN5OS/c1-14-10-16(8-9-19(14)25)23-29-17(12-31-23)13-32-24-18(11-26)20(15-6-4-3-5-7-15)21(28-2)22(27)30-24/h8-10,12,15H,3-7,13H2,1H3,(H2,27,30). The number of nitrogen functional groups attached to an aromatic ring is 1. The maximum atomic E-state index is 13.5. The Kier molecular flexibility index (Phi) is 6.43. The minimum Gasteiger partial charge on any atom is -0.444 e. The van der Waals surface area contributed by atoms with Gasteiger partial charge in [-0.1, -0.05) is 31.0 Å². The summed E-state index contributed by atoms with van der Waals surface area (Å²) < 4.78 is 19.1. The van der Waals surface area contributed by atoms with Gasteiger partial charge in [0.1, 0.15) is 29.0 Å². The molecule has 0 spiro atoms. The third kappa shape index (κ3) is 4.32. The van der Waals surface area contributed by atoms with E-state index in [9.17, 15) is 9.65 Å². The lowest BCUT2D eigenvalue weighted by molar-refractivity contribution is 0.443. The van der Waals surface area contributed by atoms with Crippen LogP contribution in [0.15, 0.2) is 33.9 Å². The lowest BCUT2D eigenvalue weighted by Gasteiger charge is -2.25. The van der Waals surface area contributed by atoms with Gasteiger partial charge in [0.05, 0.1) is 17.8 Å². The Hall–Kier alpha value is -3.36. The first-order valence-electron chi connectivity index (χ1n) is 10.5. The van der Waals surface area contributed by atoms with E-state index < -0.39 is 0 Å². The Morgan fingerprint density at radius 3 is 2.78 bits per heavy atom. The van der Waals surface area contributed by atoms with Gasteiger partial charge >= 0.3 is 0 Å². The van der Waals surface area contributed by atoms with Crippen molar-refractivity contribution in [3.05, 3.63) is 64.1 Å². The first-order valence-corrected chi connectivity index (χ1v) is 11.4. The van der Waals surface area contributed by atoms with E-state index in [0.29, 0.717) is 44.7 Å². The zero-order valence-electron chi connectivity index (χ0n) is 17.7. The number of anilines is 1. The van der Waals surface area contributed by atoms with Crippen molar-refractivity contribution >= 4 is 23.3 Å². The number of thioether (sulfide) groups is 1. The molecule has 3 aromatic rings. The lowest BCUT2D eigenvalue weighted by Crippen LogP contribution is -2.10. The van der Waals surface area contributed by atoms with Gasteiger partial charge in [-0.15, -0.1) is 0 Å². The van der Waals surface area contributed by atoms with E-state index in [0.717, 1.165) is 31.2 Å². The molecule has 6 nitrogen and oxygen atoms in total. The maximum Gasteiger partial charge on any atom is 0.232 e. The molecule has 0 radical (unpaired) electrons. The molecule has 1 fully saturated rings. The number of pyridine rings is 1. The Morgan fingerprint density at radius 1 is 1.31 bits per heavy atom. The molecule has 0 saturated heterocycles. The number of benzene rings is 1. The number of hydrogen-bond acceptors (Lipinski definition) is 6. The van der Waals surface area contributed by atoms with Crippen LogP contribution in [-0.4, -0.2) is 9.97 Å². The maximum absolute atomic E-state index is 13.5. The highest BCUT2D eigenvalue weighted by molar-refractivity contribution is 7.98. The summed E-state index contributed by atoms with van der Waals surface area (Å²) in [6.45, 7) is 9.27. The van der Waals surface area contributed by atoms with Crippen molar-refractivity contribution in [1.82, 2.24) is 9.97 Å². The Balaban J connectivity index is 1.60. The number of nitrogens with zero attached hydrogens (tertiary/aromatic N) is 4. The second-order valence-electron chi connectivity index (χ2n) is 7.89. The summed E-state index contributed by atoms with van der Waals surface area (Å²) in [6.07, 6.45) is 6.80. The fraction of sp³-hybridized carbons (Fsp3) is 0.333. The fourth-order valence-corrected chi connectivity index (χ4v) is 5.01. The van der Waals surface area contributed by atoms with Crippen LogP contribution in [0.25, 0.3) is 16.3 Å². The minimum atomic E-state index is -0.277. The van der Waals surface area contributed by atoms with Crippen molar-refractivity contribution in [2.45, 2.75) is 55.7 Å². The van der Waals surface area contributed by atoms with Crippen molar-refractivity contribution < 1.29 is 8.81 Å². The van der Waals surface area contributed by atoms with Gasteiger partial charge in [0.15, 0.2) is 0 Å². The van der Waals surface area contributed by atoms with Crippen molar-refractivity contribution in [3.63, 3.8) is 0 Å². The number of rotatable bonds is 5. The smallest absolute Gasteiger partial charge is 0.232 e. The molecule has 32 heavy (non-hydrogen) atoms. The number of oxazole rings is 1. The first-order chi connectivity index (χ1) is 15.5. The Bertz CT molecular complexity index is 1230. The summed E-state index contributed by atoms with van der Waals surface area (Å²) in [5.74, 6) is 0.882. The molecule has 1 saturated carbocycles. The van der Waals surface area contributed by atoms with Gasteiger partial charge in [-0.25, -0.2) is 19.2 Å². The molecule has 2 N–H and O–H groups in total. The summed E-state index contributed by atoms with van der Waals surface area (Å²) in [7, 11) is 0. The highest BCUT2D eigenvalue weighted by Gasteiger charge is 2.27. The van der Waals surface area contributed by atoms with E-state index in [1.807, 2.05) is 0 Å². The van der Waals surface area contributed by atoms with Gasteiger partial charge in [-0.3, -0.25) is 0 Å². The molecule has 162 valence electrons. The first kappa shape index (κ1) is 21.9. The molecule has 0 atom stereocenters. The monoisotopic (exact) mass is 447 g/mol. The molecule has 2 heterocycles. The summed E-state index contributed by atoms with van der Waals surface area (Å²) in [4.78, 5) is 12.5. The highest BCUT2D eigenvalue weighted by atomic mass is 32.2. The van der Waals surface area contributed by atoms with Gasteiger partial charge in [0, 0.05) is 11.3 Å². The van der Waals surface area contributed by atoms with Crippen molar-refractivity contribution in [2.24, 2.45) is 0 Å². The number of halogens is 1. The van der Waals surface area contributed by atoms with Crippen LogP contribution < -0.4 is 5.73 Å². The summed E-state index contributed by atoms with van der Waals surface area (Å²) in [5.41, 5.74) is 9.52. The van der Waals surface area contributed by atoms with Gasteiger partial charge in [0.2, 0.25) is 11.6 Å². The zero-order valence-corrected chi connectivity index (χ0v) is 18.5. The minimum absolute atomic E-state index is 0.160. The molecule has 1 aromatic carbocycles. The van der Waals surface area contributed by atoms with Crippen LogP contribution in [-0.2, 0) is 5.75 Å². The Morgan fingerprint density at radius 2 is 2.09 bits per heavy atom. The predicted octanol–water partition coefficient (Wildman–Crippen LogP) is 6.53. The van der Waals surface area contributed by atoms with Crippen LogP contribution in [0.5, 0.6) is 0 Å².